The van der Waals surface area contributed by atoms with E-state index in [4.69, 9.17) is 4.74 Å². The Morgan fingerprint density at radius 1 is 1.23 bits per heavy atom. The highest BCUT2D eigenvalue weighted by molar-refractivity contribution is 5.46. The Morgan fingerprint density at radius 3 is 2.38 bits per heavy atom. The zero-order chi connectivity index (χ0) is 9.52. The van der Waals surface area contributed by atoms with Crippen molar-refractivity contribution in [2.24, 2.45) is 0 Å². The molecular formula is C10H11O3. The summed E-state index contributed by atoms with van der Waals surface area (Å²) in [5.74, 6) is 1.25. The first-order valence-corrected chi connectivity index (χ1v) is 4.13. The smallest absolute Gasteiger partial charge is 0.423 e. The van der Waals surface area contributed by atoms with Crippen LogP contribution in [0.5, 0.6) is 11.5 Å². The summed E-state index contributed by atoms with van der Waals surface area (Å²) >= 11 is 0. The maximum absolute atomic E-state index is 9.85. The molecule has 13 heavy (non-hydrogen) atoms. The highest BCUT2D eigenvalue weighted by Crippen LogP contribution is 2.16. The van der Waals surface area contributed by atoms with Gasteiger partial charge in [0.15, 0.2) is 0 Å². The van der Waals surface area contributed by atoms with Crippen molar-refractivity contribution in [2.75, 3.05) is 6.61 Å². The average molecular weight is 179 g/mol. The van der Waals surface area contributed by atoms with Gasteiger partial charge >= 0.3 is 6.47 Å². The summed E-state index contributed by atoms with van der Waals surface area (Å²) in [4.78, 5) is 9.85. The molecule has 69 valence electrons. The first kappa shape index (κ1) is 9.58. The number of benzene rings is 1. The molecule has 0 bridgehead atoms. The monoisotopic (exact) mass is 179 g/mol. The molecular weight excluding hydrogens is 168 g/mol. The van der Waals surface area contributed by atoms with Gasteiger partial charge in [0.1, 0.15) is 11.5 Å². The second kappa shape index (κ2) is 5.19. The van der Waals surface area contributed by atoms with Crippen molar-refractivity contribution >= 4 is 6.47 Å². The molecule has 0 aliphatic rings. The molecule has 0 N–H and O–H groups in total. The molecule has 0 spiro atoms. The summed E-state index contributed by atoms with van der Waals surface area (Å²) in [5.41, 5.74) is 0. The van der Waals surface area contributed by atoms with E-state index < -0.39 is 0 Å². The molecule has 1 radical (unpaired) electrons. The van der Waals surface area contributed by atoms with Crippen molar-refractivity contribution in [2.45, 2.75) is 13.3 Å². The zero-order valence-corrected chi connectivity index (χ0v) is 7.45. The molecule has 0 atom stereocenters. The van der Waals surface area contributed by atoms with E-state index >= 15 is 0 Å². The largest absolute Gasteiger partial charge is 0.494 e. The predicted molar refractivity (Wildman–Crippen MR) is 48.5 cm³/mol. The van der Waals surface area contributed by atoms with Crippen LogP contribution in [-0.4, -0.2) is 13.1 Å². The molecule has 1 aromatic rings. The molecule has 1 aromatic carbocycles. The van der Waals surface area contributed by atoms with E-state index in [1.54, 1.807) is 24.3 Å². The van der Waals surface area contributed by atoms with Crippen molar-refractivity contribution in [1.29, 1.82) is 0 Å². The van der Waals surface area contributed by atoms with Gasteiger partial charge in [0.2, 0.25) is 0 Å². The summed E-state index contributed by atoms with van der Waals surface area (Å²) in [6.45, 7) is 4.09. The van der Waals surface area contributed by atoms with Crippen LogP contribution in [-0.2, 0) is 4.79 Å². The Bertz CT molecular complexity index is 253. The molecule has 0 aliphatic carbocycles. The van der Waals surface area contributed by atoms with E-state index in [1.807, 2.05) is 6.92 Å². The minimum absolute atomic E-state index is 0.471. The minimum Gasteiger partial charge on any atom is -0.494 e. The zero-order valence-electron chi connectivity index (χ0n) is 7.45. The van der Waals surface area contributed by atoms with E-state index in [1.165, 1.54) is 6.47 Å². The molecule has 0 aromatic heterocycles. The van der Waals surface area contributed by atoms with E-state index in [2.05, 4.69) is 4.74 Å². The fourth-order valence-electron chi connectivity index (χ4n) is 0.872. The van der Waals surface area contributed by atoms with Crippen LogP contribution in [0, 0.1) is 0 Å². The van der Waals surface area contributed by atoms with Gasteiger partial charge in [-0.15, -0.1) is 0 Å². The highest BCUT2D eigenvalue weighted by atomic mass is 16.5. The highest BCUT2D eigenvalue weighted by Gasteiger charge is 1.94. The fourth-order valence-corrected chi connectivity index (χ4v) is 0.872. The van der Waals surface area contributed by atoms with Crippen LogP contribution in [0.3, 0.4) is 0 Å². The topological polar surface area (TPSA) is 35.5 Å². The van der Waals surface area contributed by atoms with Gasteiger partial charge in [-0.1, -0.05) is 6.92 Å². The van der Waals surface area contributed by atoms with Crippen LogP contribution in [0.1, 0.15) is 13.3 Å². The van der Waals surface area contributed by atoms with E-state index in [-0.39, 0.29) is 0 Å². The summed E-state index contributed by atoms with van der Waals surface area (Å²) < 4.78 is 9.84. The first-order chi connectivity index (χ1) is 6.36. The lowest BCUT2D eigenvalue weighted by Crippen LogP contribution is -1.94. The van der Waals surface area contributed by atoms with Crippen molar-refractivity contribution in [3.8, 4) is 11.5 Å². The molecule has 0 saturated heterocycles. The third-order valence-corrected chi connectivity index (χ3v) is 1.46. The Balaban J connectivity index is 2.53. The van der Waals surface area contributed by atoms with Crippen LogP contribution in [0.2, 0.25) is 0 Å². The Labute approximate surface area is 77.3 Å². The second-order valence-electron chi connectivity index (χ2n) is 2.51. The number of carbonyl (C=O) groups excluding carboxylic acids is 1. The van der Waals surface area contributed by atoms with Crippen molar-refractivity contribution in [3.05, 3.63) is 24.3 Å². The summed E-state index contributed by atoms with van der Waals surface area (Å²) in [5, 5.41) is 0. The number of ether oxygens (including phenoxy) is 2. The molecule has 3 heteroatoms. The van der Waals surface area contributed by atoms with Crippen LogP contribution in [0.25, 0.3) is 0 Å². The van der Waals surface area contributed by atoms with Crippen LogP contribution in [0.4, 0.5) is 0 Å². The molecule has 0 aliphatic heterocycles. The van der Waals surface area contributed by atoms with E-state index in [0.29, 0.717) is 12.4 Å². The van der Waals surface area contributed by atoms with Gasteiger partial charge in [0.25, 0.3) is 0 Å². The van der Waals surface area contributed by atoms with Gasteiger partial charge < -0.3 is 9.47 Å². The van der Waals surface area contributed by atoms with Crippen molar-refractivity contribution < 1.29 is 14.3 Å². The lowest BCUT2D eigenvalue weighted by Gasteiger charge is -2.03. The standard InChI is InChI=1S/C10H11O3/c1-2-7-12-9-3-5-10(6-4-9)13-8-11/h3-6H,2,7H2,1H3. The Morgan fingerprint density at radius 2 is 1.85 bits per heavy atom. The van der Waals surface area contributed by atoms with Gasteiger partial charge in [0.05, 0.1) is 6.61 Å². The SMILES string of the molecule is CCCOc1ccc(O[C]=O)cc1. The second-order valence-corrected chi connectivity index (χ2v) is 2.51. The fraction of sp³-hybridized carbons (Fsp3) is 0.300. The summed E-state index contributed by atoms with van der Waals surface area (Å²) in [7, 11) is 0. The van der Waals surface area contributed by atoms with E-state index in [0.717, 1.165) is 12.2 Å². The lowest BCUT2D eigenvalue weighted by molar-refractivity contribution is 0.317. The van der Waals surface area contributed by atoms with Crippen LogP contribution in [0.15, 0.2) is 24.3 Å². The third kappa shape index (κ3) is 3.15. The van der Waals surface area contributed by atoms with Crippen LogP contribution < -0.4 is 9.47 Å². The molecule has 0 heterocycles. The van der Waals surface area contributed by atoms with Crippen LogP contribution >= 0.6 is 0 Å². The van der Waals surface area contributed by atoms with Gasteiger partial charge in [-0.3, -0.25) is 0 Å². The molecule has 0 saturated carbocycles. The summed E-state index contributed by atoms with van der Waals surface area (Å²) in [6.07, 6.45) is 0.973. The van der Waals surface area contributed by atoms with Crippen molar-refractivity contribution in [1.82, 2.24) is 0 Å². The minimum atomic E-state index is 0.471. The lowest BCUT2D eigenvalue weighted by atomic mass is 10.3. The molecule has 3 nitrogen and oxygen atoms in total. The normalized spacial score (nSPS) is 9.31. The Hall–Kier alpha value is -1.51. The quantitative estimate of drug-likeness (QED) is 0.692. The number of hydrogen-bond donors (Lipinski definition) is 0. The molecule has 0 amide bonds. The van der Waals surface area contributed by atoms with Gasteiger partial charge in [-0.25, -0.2) is 4.79 Å². The van der Waals surface area contributed by atoms with Gasteiger partial charge in [0, 0.05) is 0 Å². The molecule has 0 fully saturated rings. The van der Waals surface area contributed by atoms with Gasteiger partial charge in [-0.2, -0.15) is 0 Å². The number of hydrogen-bond acceptors (Lipinski definition) is 3. The maximum atomic E-state index is 9.85. The molecule has 0 unspecified atom stereocenters. The van der Waals surface area contributed by atoms with Gasteiger partial charge in [-0.05, 0) is 30.7 Å². The average Bonchev–Trinajstić information content (AvgIpc) is 2.17. The van der Waals surface area contributed by atoms with E-state index in [9.17, 15) is 4.79 Å². The van der Waals surface area contributed by atoms with Crippen molar-refractivity contribution in [3.63, 3.8) is 0 Å². The summed E-state index contributed by atoms with van der Waals surface area (Å²) in [6, 6.07) is 6.83. The maximum Gasteiger partial charge on any atom is 0.423 e. The first-order valence-electron chi connectivity index (χ1n) is 4.13. The molecule has 1 rings (SSSR count). The third-order valence-electron chi connectivity index (χ3n) is 1.46. The number of rotatable bonds is 5. The predicted octanol–water partition coefficient (Wildman–Crippen LogP) is 1.92. The Kier molecular flexibility index (Phi) is 3.82.